The zero-order valence-electron chi connectivity index (χ0n) is 14.6. The third-order valence-corrected chi connectivity index (χ3v) is 4.56. The molecular formula is C18H23BrN4O2. The lowest BCUT2D eigenvalue weighted by Crippen LogP contribution is -2.38. The maximum atomic E-state index is 12.5. The molecule has 2 heterocycles. The summed E-state index contributed by atoms with van der Waals surface area (Å²) in [5.41, 5.74) is 7.50. The molecule has 1 saturated heterocycles. The first kappa shape index (κ1) is 17.9. The number of carbonyl (C=O) groups excluding carboxylic acids is 1. The summed E-state index contributed by atoms with van der Waals surface area (Å²) in [7, 11) is 0. The number of benzene rings is 1. The molecule has 25 heavy (non-hydrogen) atoms. The van der Waals surface area contributed by atoms with Gasteiger partial charge in [0.15, 0.2) is 0 Å². The Hall–Kier alpha value is -1.86. The fraction of sp³-hybridized carbons (Fsp3) is 0.444. The van der Waals surface area contributed by atoms with Crippen LogP contribution in [0.25, 0.3) is 11.3 Å². The molecular weight excluding hydrogens is 384 g/mol. The molecule has 3 rings (SSSR count). The van der Waals surface area contributed by atoms with Crippen LogP contribution in [0.1, 0.15) is 39.1 Å². The van der Waals surface area contributed by atoms with Crippen LogP contribution >= 0.6 is 15.9 Å². The Morgan fingerprint density at radius 2 is 2.04 bits per heavy atom. The third-order valence-electron chi connectivity index (χ3n) is 4.03. The molecule has 6 nitrogen and oxygen atoms in total. The number of nitrogens with two attached hydrogens (primary N) is 1. The van der Waals surface area contributed by atoms with Crippen LogP contribution in [0.2, 0.25) is 0 Å². The van der Waals surface area contributed by atoms with Crippen molar-refractivity contribution in [2.24, 2.45) is 5.73 Å². The maximum Gasteiger partial charge on any atom is 0.410 e. The number of aromatic amines is 1. The van der Waals surface area contributed by atoms with Crippen LogP contribution in [0.5, 0.6) is 0 Å². The van der Waals surface area contributed by atoms with E-state index in [-0.39, 0.29) is 18.2 Å². The molecule has 134 valence electrons. The van der Waals surface area contributed by atoms with Gasteiger partial charge < -0.3 is 15.5 Å². The van der Waals surface area contributed by atoms with Crippen LogP contribution in [-0.2, 0) is 4.74 Å². The highest BCUT2D eigenvalue weighted by Gasteiger charge is 2.38. The number of imidazole rings is 1. The molecule has 2 atom stereocenters. The quantitative estimate of drug-likeness (QED) is 0.792. The lowest BCUT2D eigenvalue weighted by molar-refractivity contribution is 0.0217. The molecule has 1 aliphatic heterocycles. The first-order valence-corrected chi connectivity index (χ1v) is 9.08. The van der Waals surface area contributed by atoms with E-state index in [2.05, 4.69) is 25.9 Å². The van der Waals surface area contributed by atoms with Gasteiger partial charge in [0.1, 0.15) is 11.4 Å². The molecule has 7 heteroatoms. The van der Waals surface area contributed by atoms with Crippen LogP contribution in [0.4, 0.5) is 4.79 Å². The zero-order valence-corrected chi connectivity index (χ0v) is 16.2. The van der Waals surface area contributed by atoms with Crippen LogP contribution < -0.4 is 5.73 Å². The summed E-state index contributed by atoms with van der Waals surface area (Å²) in [5.74, 6) is 0.733. The Morgan fingerprint density at radius 1 is 1.36 bits per heavy atom. The minimum Gasteiger partial charge on any atom is -0.444 e. The molecule has 0 unspecified atom stereocenters. The smallest absolute Gasteiger partial charge is 0.410 e. The average Bonchev–Trinajstić information content (AvgIpc) is 3.12. The molecule has 0 aliphatic carbocycles. The van der Waals surface area contributed by atoms with Crippen LogP contribution in [-0.4, -0.2) is 39.1 Å². The highest BCUT2D eigenvalue weighted by atomic mass is 79.9. The van der Waals surface area contributed by atoms with E-state index in [1.807, 2.05) is 45.0 Å². The van der Waals surface area contributed by atoms with Gasteiger partial charge >= 0.3 is 6.09 Å². The van der Waals surface area contributed by atoms with E-state index in [1.54, 1.807) is 11.1 Å². The first-order valence-electron chi connectivity index (χ1n) is 8.29. The van der Waals surface area contributed by atoms with E-state index >= 15 is 0 Å². The van der Waals surface area contributed by atoms with Gasteiger partial charge in [0.05, 0.1) is 17.9 Å². The monoisotopic (exact) mass is 406 g/mol. The minimum atomic E-state index is -0.542. The summed E-state index contributed by atoms with van der Waals surface area (Å²) in [6, 6.07) is 7.69. The molecule has 0 bridgehead atoms. The summed E-state index contributed by atoms with van der Waals surface area (Å²) >= 11 is 3.43. The standard InChI is InChI=1S/C18H23BrN4O2/c1-18(2,3)25-17(24)23-10-13(20)8-15(23)16-21-9-14(22-16)11-4-6-12(19)7-5-11/h4-7,9,13,15H,8,10,20H2,1-3H3,(H,21,22)/t13-,15+/m1/s1. The van der Waals surface area contributed by atoms with Gasteiger partial charge in [-0.2, -0.15) is 0 Å². The van der Waals surface area contributed by atoms with E-state index in [9.17, 15) is 4.79 Å². The summed E-state index contributed by atoms with van der Waals surface area (Å²) in [4.78, 5) is 22.0. The van der Waals surface area contributed by atoms with Crippen molar-refractivity contribution in [2.45, 2.75) is 44.9 Å². The SMILES string of the molecule is CC(C)(C)OC(=O)N1C[C@H](N)C[C@H]1c1ncc(-c2ccc(Br)cc2)[nH]1. The number of amides is 1. The van der Waals surface area contributed by atoms with Gasteiger partial charge in [-0.15, -0.1) is 0 Å². The van der Waals surface area contributed by atoms with Crippen molar-refractivity contribution in [1.82, 2.24) is 14.9 Å². The molecule has 0 spiro atoms. The number of nitrogens with zero attached hydrogens (tertiary/aromatic N) is 2. The van der Waals surface area contributed by atoms with Gasteiger partial charge in [0, 0.05) is 17.1 Å². The molecule has 0 saturated carbocycles. The number of ether oxygens (including phenoxy) is 1. The number of hydrogen-bond acceptors (Lipinski definition) is 4. The molecule has 1 aromatic carbocycles. The number of H-pyrrole nitrogens is 1. The van der Waals surface area contributed by atoms with Gasteiger partial charge in [0.2, 0.25) is 0 Å². The second kappa shape index (κ2) is 6.80. The van der Waals surface area contributed by atoms with Crippen LogP contribution in [0.3, 0.4) is 0 Å². The first-order chi connectivity index (χ1) is 11.7. The van der Waals surface area contributed by atoms with Crippen molar-refractivity contribution < 1.29 is 9.53 Å². The molecule has 1 aliphatic rings. The number of halogens is 1. The number of hydrogen-bond donors (Lipinski definition) is 2. The summed E-state index contributed by atoms with van der Waals surface area (Å²) in [5, 5.41) is 0. The van der Waals surface area contributed by atoms with Gasteiger partial charge in [0.25, 0.3) is 0 Å². The molecule has 1 fully saturated rings. The average molecular weight is 407 g/mol. The predicted molar refractivity (Wildman–Crippen MR) is 100.0 cm³/mol. The number of rotatable bonds is 2. The lowest BCUT2D eigenvalue weighted by Gasteiger charge is -2.27. The second-order valence-corrected chi connectivity index (χ2v) is 8.25. The van der Waals surface area contributed by atoms with Crippen LogP contribution in [0.15, 0.2) is 34.9 Å². The summed E-state index contributed by atoms with van der Waals surface area (Å²) < 4.78 is 6.53. The Labute approximate surface area is 155 Å². The van der Waals surface area contributed by atoms with Crippen molar-refractivity contribution >= 4 is 22.0 Å². The Bertz CT molecular complexity index is 751. The van der Waals surface area contributed by atoms with Crippen LogP contribution in [0, 0.1) is 0 Å². The van der Waals surface area contributed by atoms with Crippen molar-refractivity contribution in [3.63, 3.8) is 0 Å². The van der Waals surface area contributed by atoms with E-state index in [0.717, 1.165) is 21.6 Å². The maximum absolute atomic E-state index is 12.5. The van der Waals surface area contributed by atoms with E-state index < -0.39 is 5.60 Å². The fourth-order valence-corrected chi connectivity index (χ4v) is 3.20. The Morgan fingerprint density at radius 3 is 2.68 bits per heavy atom. The lowest BCUT2D eigenvalue weighted by atomic mass is 10.1. The topological polar surface area (TPSA) is 84.2 Å². The predicted octanol–water partition coefficient (Wildman–Crippen LogP) is 3.85. The largest absolute Gasteiger partial charge is 0.444 e. The zero-order chi connectivity index (χ0) is 18.2. The van der Waals surface area contributed by atoms with Gasteiger partial charge in [-0.05, 0) is 44.9 Å². The number of carbonyl (C=O) groups is 1. The Kier molecular flexibility index (Phi) is 4.88. The molecule has 1 aromatic heterocycles. The second-order valence-electron chi connectivity index (χ2n) is 7.33. The van der Waals surface area contributed by atoms with Crippen molar-refractivity contribution in [3.05, 3.63) is 40.8 Å². The highest BCUT2D eigenvalue weighted by Crippen LogP contribution is 2.32. The van der Waals surface area contributed by atoms with E-state index in [0.29, 0.717) is 13.0 Å². The molecule has 2 aromatic rings. The fourth-order valence-electron chi connectivity index (χ4n) is 2.93. The van der Waals surface area contributed by atoms with Gasteiger partial charge in [-0.1, -0.05) is 28.1 Å². The normalized spacial score (nSPS) is 20.8. The molecule has 1 amide bonds. The Balaban J connectivity index is 1.82. The molecule has 0 radical (unpaired) electrons. The van der Waals surface area contributed by atoms with Crippen molar-refractivity contribution in [3.8, 4) is 11.3 Å². The van der Waals surface area contributed by atoms with Gasteiger partial charge in [-0.25, -0.2) is 9.78 Å². The van der Waals surface area contributed by atoms with E-state index in [1.165, 1.54) is 0 Å². The van der Waals surface area contributed by atoms with E-state index in [4.69, 9.17) is 10.5 Å². The number of aromatic nitrogens is 2. The molecule has 3 N–H and O–H groups in total. The number of nitrogens with one attached hydrogen (secondary N) is 1. The highest BCUT2D eigenvalue weighted by molar-refractivity contribution is 9.10. The summed E-state index contributed by atoms with van der Waals surface area (Å²) in [6.45, 7) is 6.03. The summed E-state index contributed by atoms with van der Waals surface area (Å²) in [6.07, 6.45) is 2.09. The minimum absolute atomic E-state index is 0.0845. The van der Waals surface area contributed by atoms with Gasteiger partial charge in [-0.3, -0.25) is 4.90 Å². The third kappa shape index (κ3) is 4.22. The van der Waals surface area contributed by atoms with Crippen molar-refractivity contribution in [1.29, 1.82) is 0 Å². The number of likely N-dealkylation sites (tertiary alicyclic amines) is 1. The van der Waals surface area contributed by atoms with Crippen molar-refractivity contribution in [2.75, 3.05) is 6.54 Å².